The van der Waals surface area contributed by atoms with Crippen molar-refractivity contribution in [2.75, 3.05) is 13.1 Å². The Labute approximate surface area is 105 Å². The van der Waals surface area contributed by atoms with Gasteiger partial charge in [-0.3, -0.25) is 4.98 Å². The first-order valence-electron chi connectivity index (χ1n) is 6.95. The fourth-order valence-electron chi connectivity index (χ4n) is 2.82. The van der Waals surface area contributed by atoms with Crippen LogP contribution in [0.15, 0.2) is 18.3 Å². The molecule has 1 heterocycles. The van der Waals surface area contributed by atoms with Crippen LogP contribution < -0.4 is 5.32 Å². The van der Waals surface area contributed by atoms with E-state index in [4.69, 9.17) is 0 Å². The van der Waals surface area contributed by atoms with Crippen LogP contribution in [0.2, 0.25) is 0 Å². The second kappa shape index (κ2) is 6.15. The molecule has 0 saturated heterocycles. The van der Waals surface area contributed by atoms with Gasteiger partial charge in [0.2, 0.25) is 0 Å². The second-order valence-corrected chi connectivity index (χ2v) is 5.33. The number of fused-ring (bicyclic) bond motifs is 1. The molecule has 2 atom stereocenters. The van der Waals surface area contributed by atoms with E-state index in [1.54, 1.807) is 0 Å². The Morgan fingerprint density at radius 1 is 1.53 bits per heavy atom. The molecule has 0 amide bonds. The van der Waals surface area contributed by atoms with Crippen molar-refractivity contribution in [3.8, 4) is 0 Å². The lowest BCUT2D eigenvalue weighted by Crippen LogP contribution is -2.23. The number of rotatable bonds is 6. The lowest BCUT2D eigenvalue weighted by atomic mass is 9.93. The van der Waals surface area contributed by atoms with Crippen molar-refractivity contribution in [2.24, 2.45) is 5.92 Å². The van der Waals surface area contributed by atoms with Gasteiger partial charge in [-0.2, -0.15) is 0 Å². The van der Waals surface area contributed by atoms with Gasteiger partial charge in [0.1, 0.15) is 0 Å². The Hall–Kier alpha value is -0.890. The van der Waals surface area contributed by atoms with Crippen LogP contribution in [0.4, 0.5) is 0 Å². The summed E-state index contributed by atoms with van der Waals surface area (Å²) in [6.07, 6.45) is 6.96. The number of pyridine rings is 1. The van der Waals surface area contributed by atoms with Crippen molar-refractivity contribution >= 4 is 0 Å². The van der Waals surface area contributed by atoms with Crippen LogP contribution in [0.3, 0.4) is 0 Å². The van der Waals surface area contributed by atoms with Gasteiger partial charge in [-0.15, -0.1) is 0 Å². The summed E-state index contributed by atoms with van der Waals surface area (Å²) in [7, 11) is 0. The molecule has 2 rings (SSSR count). The summed E-state index contributed by atoms with van der Waals surface area (Å²) in [5.41, 5.74) is 2.85. The van der Waals surface area contributed by atoms with Crippen LogP contribution >= 0.6 is 0 Å². The zero-order valence-corrected chi connectivity index (χ0v) is 11.1. The lowest BCUT2D eigenvalue weighted by Gasteiger charge is -2.17. The summed E-state index contributed by atoms with van der Waals surface area (Å²) in [4.78, 5) is 4.57. The van der Waals surface area contributed by atoms with Gasteiger partial charge in [0.05, 0.1) is 0 Å². The molecule has 94 valence electrons. The van der Waals surface area contributed by atoms with Crippen LogP contribution in [-0.4, -0.2) is 18.1 Å². The van der Waals surface area contributed by atoms with Gasteiger partial charge >= 0.3 is 0 Å². The third-order valence-corrected chi connectivity index (χ3v) is 3.68. The maximum Gasteiger partial charge on any atom is 0.0466 e. The highest BCUT2D eigenvalue weighted by molar-refractivity contribution is 5.28. The molecule has 17 heavy (non-hydrogen) atoms. The van der Waals surface area contributed by atoms with E-state index in [0.717, 1.165) is 19.0 Å². The van der Waals surface area contributed by atoms with Crippen molar-refractivity contribution in [1.82, 2.24) is 10.3 Å². The summed E-state index contributed by atoms with van der Waals surface area (Å²) < 4.78 is 0. The number of aromatic nitrogens is 1. The molecule has 0 radical (unpaired) electrons. The first-order valence-corrected chi connectivity index (χ1v) is 6.95. The van der Waals surface area contributed by atoms with Crippen molar-refractivity contribution in [2.45, 2.75) is 45.4 Å². The standard InChI is InChI=1S/C15H24N2/c1-3-8-16-11-12(2)10-14-7-6-13-5-4-9-17-15(13)14/h4-5,9,12,14,16H,3,6-8,10-11H2,1-2H3. The SMILES string of the molecule is CCCNCC(C)CC1CCc2cccnc21. The summed E-state index contributed by atoms with van der Waals surface area (Å²) in [6, 6.07) is 4.30. The topological polar surface area (TPSA) is 24.9 Å². The van der Waals surface area contributed by atoms with Crippen LogP contribution in [0.5, 0.6) is 0 Å². The Morgan fingerprint density at radius 3 is 3.24 bits per heavy atom. The molecule has 2 heteroatoms. The van der Waals surface area contributed by atoms with E-state index in [0.29, 0.717) is 5.92 Å². The first-order chi connectivity index (χ1) is 8.31. The van der Waals surface area contributed by atoms with Gasteiger partial charge in [0.15, 0.2) is 0 Å². The summed E-state index contributed by atoms with van der Waals surface area (Å²) in [6.45, 7) is 6.86. The Kier molecular flexibility index (Phi) is 4.55. The molecule has 0 bridgehead atoms. The minimum absolute atomic E-state index is 0.699. The third-order valence-electron chi connectivity index (χ3n) is 3.68. The summed E-state index contributed by atoms with van der Waals surface area (Å²) >= 11 is 0. The van der Waals surface area contributed by atoms with Gasteiger partial charge in [-0.05, 0) is 56.3 Å². The van der Waals surface area contributed by atoms with Gasteiger partial charge in [0.25, 0.3) is 0 Å². The Balaban J connectivity index is 1.84. The minimum Gasteiger partial charge on any atom is -0.316 e. The number of nitrogens with one attached hydrogen (secondary N) is 1. The smallest absolute Gasteiger partial charge is 0.0466 e. The molecule has 0 fully saturated rings. The van der Waals surface area contributed by atoms with E-state index in [1.807, 2.05) is 6.20 Å². The molecular weight excluding hydrogens is 208 g/mol. The van der Waals surface area contributed by atoms with Crippen LogP contribution in [0, 0.1) is 5.92 Å². The Bertz CT molecular complexity index is 349. The van der Waals surface area contributed by atoms with Crippen LogP contribution in [0.25, 0.3) is 0 Å². The van der Waals surface area contributed by atoms with Gasteiger partial charge < -0.3 is 5.32 Å². The lowest BCUT2D eigenvalue weighted by molar-refractivity contribution is 0.431. The highest BCUT2D eigenvalue weighted by Gasteiger charge is 2.24. The predicted octanol–water partition coefficient (Wildman–Crippen LogP) is 3.14. The molecule has 0 saturated carbocycles. The average Bonchev–Trinajstić information content (AvgIpc) is 2.73. The quantitative estimate of drug-likeness (QED) is 0.762. The van der Waals surface area contributed by atoms with Gasteiger partial charge in [0, 0.05) is 17.8 Å². The average molecular weight is 232 g/mol. The van der Waals surface area contributed by atoms with E-state index in [9.17, 15) is 0 Å². The van der Waals surface area contributed by atoms with Crippen molar-refractivity contribution in [3.05, 3.63) is 29.6 Å². The maximum atomic E-state index is 4.57. The molecule has 1 aromatic heterocycles. The number of hydrogen-bond donors (Lipinski definition) is 1. The first kappa shape index (κ1) is 12.6. The molecular formula is C15H24N2. The molecule has 1 aliphatic rings. The van der Waals surface area contributed by atoms with Gasteiger partial charge in [-0.25, -0.2) is 0 Å². The zero-order valence-electron chi connectivity index (χ0n) is 11.1. The normalized spacial score (nSPS) is 20.2. The van der Waals surface area contributed by atoms with Crippen LogP contribution in [0.1, 0.15) is 50.3 Å². The molecule has 0 aliphatic heterocycles. The van der Waals surface area contributed by atoms with E-state index in [1.165, 1.54) is 36.9 Å². The van der Waals surface area contributed by atoms with Gasteiger partial charge in [-0.1, -0.05) is 19.9 Å². The highest BCUT2D eigenvalue weighted by Crippen LogP contribution is 2.35. The fourth-order valence-corrected chi connectivity index (χ4v) is 2.82. The minimum atomic E-state index is 0.699. The molecule has 1 aromatic rings. The number of nitrogens with zero attached hydrogens (tertiary/aromatic N) is 1. The summed E-state index contributed by atoms with van der Waals surface area (Å²) in [5, 5.41) is 3.51. The molecule has 0 spiro atoms. The number of hydrogen-bond acceptors (Lipinski definition) is 2. The second-order valence-electron chi connectivity index (χ2n) is 5.33. The molecule has 2 unspecified atom stereocenters. The van der Waals surface area contributed by atoms with E-state index >= 15 is 0 Å². The molecule has 1 aliphatic carbocycles. The highest BCUT2D eigenvalue weighted by atomic mass is 14.8. The summed E-state index contributed by atoms with van der Waals surface area (Å²) in [5.74, 6) is 1.45. The third kappa shape index (κ3) is 3.29. The van der Waals surface area contributed by atoms with Crippen LogP contribution in [-0.2, 0) is 6.42 Å². The molecule has 1 N–H and O–H groups in total. The van der Waals surface area contributed by atoms with E-state index in [-0.39, 0.29) is 0 Å². The van der Waals surface area contributed by atoms with E-state index < -0.39 is 0 Å². The zero-order chi connectivity index (χ0) is 12.1. The van der Waals surface area contributed by atoms with Crippen molar-refractivity contribution in [1.29, 1.82) is 0 Å². The molecule has 2 nitrogen and oxygen atoms in total. The number of aryl methyl sites for hydroxylation is 1. The monoisotopic (exact) mass is 232 g/mol. The van der Waals surface area contributed by atoms with Crippen molar-refractivity contribution < 1.29 is 0 Å². The van der Waals surface area contributed by atoms with Crippen molar-refractivity contribution in [3.63, 3.8) is 0 Å². The maximum absolute atomic E-state index is 4.57. The Morgan fingerprint density at radius 2 is 2.41 bits per heavy atom. The molecule has 0 aromatic carbocycles. The van der Waals surface area contributed by atoms with E-state index in [2.05, 4.69) is 36.3 Å². The fraction of sp³-hybridized carbons (Fsp3) is 0.667. The predicted molar refractivity (Wildman–Crippen MR) is 72.2 cm³/mol. The largest absolute Gasteiger partial charge is 0.316 e.